The highest BCUT2D eigenvalue weighted by molar-refractivity contribution is 4.81. The van der Waals surface area contributed by atoms with Crippen molar-refractivity contribution in [3.8, 4) is 0 Å². The normalized spacial score (nSPS) is 22.3. The standard InChI is InChI=1S/C14H29NO/c1-12(14(2,3)4)13-6-8-15(9-7-13)10-11-16-5/h12-13H,6-11H2,1-5H3. The molecule has 0 aromatic carbocycles. The summed E-state index contributed by atoms with van der Waals surface area (Å²) in [5.41, 5.74) is 0.458. The molecule has 0 saturated carbocycles. The molecule has 96 valence electrons. The Morgan fingerprint density at radius 2 is 1.81 bits per heavy atom. The number of hydrogen-bond acceptors (Lipinski definition) is 2. The van der Waals surface area contributed by atoms with E-state index in [1.807, 2.05) is 0 Å². The average molecular weight is 227 g/mol. The lowest BCUT2D eigenvalue weighted by Crippen LogP contribution is -2.39. The minimum absolute atomic E-state index is 0.458. The fourth-order valence-electron chi connectivity index (χ4n) is 2.60. The van der Waals surface area contributed by atoms with E-state index in [0.29, 0.717) is 5.41 Å². The molecule has 2 heteroatoms. The molecule has 1 atom stereocenters. The molecule has 0 N–H and O–H groups in total. The van der Waals surface area contributed by atoms with Gasteiger partial charge in [0.2, 0.25) is 0 Å². The molecule has 1 heterocycles. The van der Waals surface area contributed by atoms with E-state index >= 15 is 0 Å². The molecule has 1 fully saturated rings. The quantitative estimate of drug-likeness (QED) is 0.732. The zero-order chi connectivity index (χ0) is 12.2. The van der Waals surface area contributed by atoms with Gasteiger partial charge in [0, 0.05) is 13.7 Å². The van der Waals surface area contributed by atoms with Crippen LogP contribution in [0.5, 0.6) is 0 Å². The summed E-state index contributed by atoms with van der Waals surface area (Å²) in [6.45, 7) is 14.0. The second kappa shape index (κ2) is 6.02. The second-order valence-electron chi connectivity index (χ2n) is 6.33. The van der Waals surface area contributed by atoms with Crippen molar-refractivity contribution in [2.75, 3.05) is 33.4 Å². The summed E-state index contributed by atoms with van der Waals surface area (Å²) in [7, 11) is 1.79. The lowest BCUT2D eigenvalue weighted by Gasteiger charge is -2.40. The molecule has 0 spiro atoms. The maximum Gasteiger partial charge on any atom is 0.0589 e. The van der Waals surface area contributed by atoms with Crippen LogP contribution in [0.3, 0.4) is 0 Å². The van der Waals surface area contributed by atoms with Crippen molar-refractivity contribution in [2.45, 2.75) is 40.5 Å². The van der Waals surface area contributed by atoms with Crippen molar-refractivity contribution in [3.05, 3.63) is 0 Å². The predicted octanol–water partition coefficient (Wildman–Crippen LogP) is 3.03. The van der Waals surface area contributed by atoms with Crippen LogP contribution in [0, 0.1) is 17.3 Å². The van der Waals surface area contributed by atoms with E-state index in [1.165, 1.54) is 25.9 Å². The number of rotatable bonds is 4. The minimum Gasteiger partial charge on any atom is -0.383 e. The minimum atomic E-state index is 0.458. The van der Waals surface area contributed by atoms with E-state index < -0.39 is 0 Å². The Morgan fingerprint density at radius 1 is 1.25 bits per heavy atom. The summed E-state index contributed by atoms with van der Waals surface area (Å²) in [5, 5.41) is 0. The third-order valence-electron chi connectivity index (χ3n) is 4.32. The van der Waals surface area contributed by atoms with Gasteiger partial charge in [-0.1, -0.05) is 27.7 Å². The first-order valence-corrected chi connectivity index (χ1v) is 6.66. The molecule has 0 radical (unpaired) electrons. The van der Waals surface area contributed by atoms with Crippen LogP contribution >= 0.6 is 0 Å². The summed E-state index contributed by atoms with van der Waals surface area (Å²) >= 11 is 0. The monoisotopic (exact) mass is 227 g/mol. The van der Waals surface area contributed by atoms with E-state index in [9.17, 15) is 0 Å². The zero-order valence-electron chi connectivity index (χ0n) is 11.8. The molecular weight excluding hydrogens is 198 g/mol. The Balaban J connectivity index is 2.31. The van der Waals surface area contributed by atoms with Gasteiger partial charge >= 0.3 is 0 Å². The highest BCUT2D eigenvalue weighted by Crippen LogP contribution is 2.36. The van der Waals surface area contributed by atoms with Crippen molar-refractivity contribution < 1.29 is 4.74 Å². The SMILES string of the molecule is COCCN1CCC(C(C)C(C)(C)C)CC1. The number of likely N-dealkylation sites (tertiary alicyclic amines) is 1. The van der Waals surface area contributed by atoms with Gasteiger partial charge in [-0.2, -0.15) is 0 Å². The maximum atomic E-state index is 5.13. The van der Waals surface area contributed by atoms with Crippen molar-refractivity contribution in [1.82, 2.24) is 4.90 Å². The van der Waals surface area contributed by atoms with E-state index in [1.54, 1.807) is 7.11 Å². The van der Waals surface area contributed by atoms with Gasteiger partial charge in [0.25, 0.3) is 0 Å². The van der Waals surface area contributed by atoms with Crippen molar-refractivity contribution in [3.63, 3.8) is 0 Å². The number of nitrogens with zero attached hydrogens (tertiary/aromatic N) is 1. The first-order valence-electron chi connectivity index (χ1n) is 6.66. The zero-order valence-corrected chi connectivity index (χ0v) is 11.8. The smallest absolute Gasteiger partial charge is 0.0589 e. The van der Waals surface area contributed by atoms with Gasteiger partial charge in [0.05, 0.1) is 6.61 Å². The second-order valence-corrected chi connectivity index (χ2v) is 6.33. The van der Waals surface area contributed by atoms with E-state index in [2.05, 4.69) is 32.6 Å². The van der Waals surface area contributed by atoms with Crippen molar-refractivity contribution in [1.29, 1.82) is 0 Å². The van der Waals surface area contributed by atoms with Gasteiger partial charge in [-0.3, -0.25) is 0 Å². The van der Waals surface area contributed by atoms with Gasteiger partial charge in [-0.25, -0.2) is 0 Å². The molecular formula is C14H29NO. The number of ether oxygens (including phenoxy) is 1. The Hall–Kier alpha value is -0.0800. The maximum absolute atomic E-state index is 5.13. The summed E-state index contributed by atoms with van der Waals surface area (Å²) in [6, 6.07) is 0. The Labute approximate surface area is 101 Å². The van der Waals surface area contributed by atoms with E-state index in [0.717, 1.165) is 25.0 Å². The highest BCUT2D eigenvalue weighted by atomic mass is 16.5. The number of hydrogen-bond donors (Lipinski definition) is 0. The fourth-order valence-corrected chi connectivity index (χ4v) is 2.60. The summed E-state index contributed by atoms with van der Waals surface area (Å²) < 4.78 is 5.13. The van der Waals surface area contributed by atoms with Crippen LogP contribution in [0.25, 0.3) is 0 Å². The largest absolute Gasteiger partial charge is 0.383 e. The molecule has 0 bridgehead atoms. The van der Waals surface area contributed by atoms with E-state index in [-0.39, 0.29) is 0 Å². The van der Waals surface area contributed by atoms with Crippen LogP contribution in [0.2, 0.25) is 0 Å². The van der Waals surface area contributed by atoms with Gasteiger partial charge in [-0.05, 0) is 43.2 Å². The number of methoxy groups -OCH3 is 1. The van der Waals surface area contributed by atoms with Crippen LogP contribution in [0.4, 0.5) is 0 Å². The molecule has 0 aliphatic carbocycles. The molecule has 0 aromatic heterocycles. The fraction of sp³-hybridized carbons (Fsp3) is 1.00. The van der Waals surface area contributed by atoms with Gasteiger partial charge in [0.15, 0.2) is 0 Å². The summed E-state index contributed by atoms with van der Waals surface area (Å²) in [5.74, 6) is 1.75. The van der Waals surface area contributed by atoms with Gasteiger partial charge < -0.3 is 9.64 Å². The van der Waals surface area contributed by atoms with Gasteiger partial charge in [-0.15, -0.1) is 0 Å². The third kappa shape index (κ3) is 4.06. The van der Waals surface area contributed by atoms with Crippen LogP contribution in [-0.4, -0.2) is 38.3 Å². The Bertz CT molecular complexity index is 189. The predicted molar refractivity (Wildman–Crippen MR) is 69.7 cm³/mol. The molecule has 1 aliphatic heterocycles. The van der Waals surface area contributed by atoms with Crippen LogP contribution in [-0.2, 0) is 4.74 Å². The molecule has 1 saturated heterocycles. The first-order chi connectivity index (χ1) is 7.45. The summed E-state index contributed by atoms with van der Waals surface area (Å²) in [6.07, 6.45) is 2.73. The van der Waals surface area contributed by atoms with Crippen molar-refractivity contribution in [2.24, 2.45) is 17.3 Å². The topological polar surface area (TPSA) is 12.5 Å². The van der Waals surface area contributed by atoms with Crippen LogP contribution in [0.15, 0.2) is 0 Å². The Kier molecular flexibility index (Phi) is 5.26. The van der Waals surface area contributed by atoms with Crippen LogP contribution in [0.1, 0.15) is 40.5 Å². The Morgan fingerprint density at radius 3 is 2.25 bits per heavy atom. The molecule has 16 heavy (non-hydrogen) atoms. The lowest BCUT2D eigenvalue weighted by atomic mass is 9.71. The summed E-state index contributed by atoms with van der Waals surface area (Å²) in [4.78, 5) is 2.54. The molecule has 1 aliphatic rings. The van der Waals surface area contributed by atoms with Gasteiger partial charge in [0.1, 0.15) is 0 Å². The molecule has 1 unspecified atom stereocenters. The molecule has 0 amide bonds. The molecule has 1 rings (SSSR count). The first kappa shape index (κ1) is 14.0. The molecule has 2 nitrogen and oxygen atoms in total. The molecule has 0 aromatic rings. The third-order valence-corrected chi connectivity index (χ3v) is 4.32. The number of piperidine rings is 1. The van der Waals surface area contributed by atoms with E-state index in [4.69, 9.17) is 4.74 Å². The average Bonchev–Trinajstić information content (AvgIpc) is 2.25. The van der Waals surface area contributed by atoms with Crippen LogP contribution < -0.4 is 0 Å². The highest BCUT2D eigenvalue weighted by Gasteiger charge is 2.30. The van der Waals surface area contributed by atoms with Crippen molar-refractivity contribution >= 4 is 0 Å². The lowest BCUT2D eigenvalue weighted by molar-refractivity contribution is 0.0788.